The summed E-state index contributed by atoms with van der Waals surface area (Å²) in [6.07, 6.45) is -0.00739. The predicted molar refractivity (Wildman–Crippen MR) is 86.4 cm³/mol. The van der Waals surface area contributed by atoms with E-state index in [4.69, 9.17) is 5.11 Å². The molecule has 116 valence electrons. The number of thioether (sulfide) groups is 1. The maximum absolute atomic E-state index is 12.2. The maximum Gasteiger partial charge on any atom is 0.305 e. The zero-order valence-electron chi connectivity index (χ0n) is 12.8. The van der Waals surface area contributed by atoms with Crippen LogP contribution in [0.5, 0.6) is 0 Å². The Bertz CT molecular complexity index is 471. The highest BCUT2D eigenvalue weighted by Gasteiger charge is 2.17. The van der Waals surface area contributed by atoms with Gasteiger partial charge in [-0.2, -0.15) is 0 Å². The van der Waals surface area contributed by atoms with Gasteiger partial charge in [-0.25, -0.2) is 0 Å². The number of carbonyl (C=O) groups excluding carboxylic acids is 1. The van der Waals surface area contributed by atoms with Crippen molar-refractivity contribution in [3.63, 3.8) is 0 Å². The Morgan fingerprint density at radius 1 is 1.24 bits per heavy atom. The lowest BCUT2D eigenvalue weighted by Gasteiger charge is -2.26. The van der Waals surface area contributed by atoms with E-state index in [2.05, 4.69) is 24.3 Å². The van der Waals surface area contributed by atoms with Gasteiger partial charge in [0.2, 0.25) is 5.91 Å². The number of aryl methyl sites for hydroxylation is 1. The summed E-state index contributed by atoms with van der Waals surface area (Å²) >= 11 is 1.56. The van der Waals surface area contributed by atoms with E-state index in [1.807, 2.05) is 20.8 Å². The molecule has 0 unspecified atom stereocenters. The molecule has 1 aromatic carbocycles. The first-order valence-corrected chi connectivity index (χ1v) is 8.20. The second-order valence-corrected chi connectivity index (χ2v) is 6.29. The monoisotopic (exact) mass is 309 g/mol. The number of carbonyl (C=O) groups is 2. The zero-order valence-corrected chi connectivity index (χ0v) is 13.7. The zero-order chi connectivity index (χ0) is 15.8. The molecule has 0 spiro atoms. The molecule has 1 amide bonds. The number of amides is 1. The predicted octanol–water partition coefficient (Wildman–Crippen LogP) is 2.94. The second kappa shape index (κ2) is 8.72. The van der Waals surface area contributed by atoms with Gasteiger partial charge in [0.15, 0.2) is 0 Å². The van der Waals surface area contributed by atoms with Crippen LogP contribution in [-0.2, 0) is 15.3 Å². The van der Waals surface area contributed by atoms with E-state index in [1.54, 1.807) is 16.7 Å². The normalized spacial score (nSPS) is 10.7. The number of hydrogen-bond donors (Lipinski definition) is 1. The fourth-order valence-electron chi connectivity index (χ4n) is 1.91. The highest BCUT2D eigenvalue weighted by Crippen LogP contribution is 2.14. The smallest absolute Gasteiger partial charge is 0.305 e. The van der Waals surface area contributed by atoms with Crippen LogP contribution in [0.25, 0.3) is 0 Å². The van der Waals surface area contributed by atoms with Gasteiger partial charge in [-0.3, -0.25) is 9.59 Å². The second-order valence-electron chi connectivity index (χ2n) is 5.30. The minimum atomic E-state index is -0.874. The number of carboxylic acid groups (broad SMARTS) is 1. The van der Waals surface area contributed by atoms with Crippen molar-refractivity contribution in [1.82, 2.24) is 4.90 Å². The quantitative estimate of drug-likeness (QED) is 0.802. The Kier molecular flexibility index (Phi) is 7.29. The van der Waals surface area contributed by atoms with Crippen LogP contribution in [0.2, 0.25) is 0 Å². The van der Waals surface area contributed by atoms with Crippen molar-refractivity contribution in [1.29, 1.82) is 0 Å². The van der Waals surface area contributed by atoms with E-state index < -0.39 is 5.97 Å². The molecule has 21 heavy (non-hydrogen) atoms. The van der Waals surface area contributed by atoms with Crippen molar-refractivity contribution in [3.05, 3.63) is 35.4 Å². The van der Waals surface area contributed by atoms with Crippen LogP contribution in [0.1, 0.15) is 31.4 Å². The molecule has 0 aliphatic rings. The van der Waals surface area contributed by atoms with E-state index in [9.17, 15) is 9.59 Å². The van der Waals surface area contributed by atoms with Crippen LogP contribution >= 0.6 is 11.8 Å². The molecular weight excluding hydrogens is 286 g/mol. The first kappa shape index (κ1) is 17.6. The van der Waals surface area contributed by atoms with Crippen LogP contribution in [0, 0.1) is 6.92 Å². The van der Waals surface area contributed by atoms with Crippen molar-refractivity contribution < 1.29 is 14.7 Å². The van der Waals surface area contributed by atoms with Crippen molar-refractivity contribution in [3.8, 4) is 0 Å². The Labute approximate surface area is 130 Å². The third kappa shape index (κ3) is 6.67. The standard InChI is InChI=1S/C16H23NO3S/c1-12(2)17(9-8-16(19)20)15(18)11-21-10-14-6-4-13(3)5-7-14/h4-7,12H,8-11H2,1-3H3,(H,19,20). The Balaban J connectivity index is 2.42. The average molecular weight is 309 g/mol. The lowest BCUT2D eigenvalue weighted by Crippen LogP contribution is -2.39. The highest BCUT2D eigenvalue weighted by atomic mass is 32.2. The highest BCUT2D eigenvalue weighted by molar-refractivity contribution is 7.99. The first-order chi connectivity index (χ1) is 9.90. The molecule has 0 saturated heterocycles. The van der Waals surface area contributed by atoms with Crippen molar-refractivity contribution in [2.24, 2.45) is 0 Å². The molecule has 0 aliphatic carbocycles. The van der Waals surface area contributed by atoms with Crippen LogP contribution in [0.4, 0.5) is 0 Å². The lowest BCUT2D eigenvalue weighted by molar-refractivity contribution is -0.138. The van der Waals surface area contributed by atoms with Crippen LogP contribution in [0.15, 0.2) is 24.3 Å². The molecular formula is C16H23NO3S. The van der Waals surface area contributed by atoms with E-state index in [0.717, 1.165) is 5.75 Å². The molecule has 1 rings (SSSR count). The maximum atomic E-state index is 12.2. The number of rotatable bonds is 8. The van der Waals surface area contributed by atoms with Gasteiger partial charge >= 0.3 is 5.97 Å². The van der Waals surface area contributed by atoms with Crippen LogP contribution in [-0.4, -0.2) is 40.2 Å². The number of hydrogen-bond acceptors (Lipinski definition) is 3. The summed E-state index contributed by atoms with van der Waals surface area (Å²) in [5.41, 5.74) is 2.42. The molecule has 0 bridgehead atoms. The Morgan fingerprint density at radius 3 is 2.38 bits per heavy atom. The SMILES string of the molecule is Cc1ccc(CSCC(=O)N(CCC(=O)O)C(C)C)cc1. The van der Waals surface area contributed by atoms with Gasteiger partial charge in [0.1, 0.15) is 0 Å². The topological polar surface area (TPSA) is 57.6 Å². The van der Waals surface area contributed by atoms with E-state index in [0.29, 0.717) is 5.75 Å². The molecule has 0 aliphatic heterocycles. The Morgan fingerprint density at radius 2 is 1.86 bits per heavy atom. The van der Waals surface area contributed by atoms with Gasteiger partial charge in [-0.1, -0.05) is 29.8 Å². The summed E-state index contributed by atoms with van der Waals surface area (Å²) in [6.45, 7) is 6.13. The summed E-state index contributed by atoms with van der Waals surface area (Å²) in [4.78, 5) is 24.4. The van der Waals surface area contributed by atoms with Gasteiger partial charge in [-0.15, -0.1) is 11.8 Å². The summed E-state index contributed by atoms with van der Waals surface area (Å²) in [5, 5.41) is 8.73. The number of benzene rings is 1. The van der Waals surface area contributed by atoms with E-state index in [-0.39, 0.29) is 24.9 Å². The van der Waals surface area contributed by atoms with E-state index in [1.165, 1.54) is 11.1 Å². The number of nitrogens with zero attached hydrogens (tertiary/aromatic N) is 1. The summed E-state index contributed by atoms with van der Waals surface area (Å²) in [7, 11) is 0. The van der Waals surface area contributed by atoms with Crippen LogP contribution < -0.4 is 0 Å². The molecule has 0 atom stereocenters. The molecule has 0 aromatic heterocycles. The third-order valence-corrected chi connectivity index (χ3v) is 4.11. The van der Waals surface area contributed by atoms with Crippen molar-refractivity contribution in [2.75, 3.05) is 12.3 Å². The molecule has 1 aromatic rings. The molecule has 0 saturated carbocycles. The van der Waals surface area contributed by atoms with E-state index >= 15 is 0 Å². The molecule has 1 N–H and O–H groups in total. The Hall–Kier alpha value is -1.49. The fraction of sp³-hybridized carbons (Fsp3) is 0.500. The largest absolute Gasteiger partial charge is 0.481 e. The summed E-state index contributed by atoms with van der Waals surface area (Å²) < 4.78 is 0. The van der Waals surface area contributed by atoms with Gasteiger partial charge in [-0.05, 0) is 26.3 Å². The minimum Gasteiger partial charge on any atom is -0.481 e. The van der Waals surface area contributed by atoms with Gasteiger partial charge in [0.05, 0.1) is 12.2 Å². The summed E-state index contributed by atoms with van der Waals surface area (Å²) in [5.74, 6) is 0.298. The molecule has 0 heterocycles. The molecule has 4 nitrogen and oxygen atoms in total. The number of aliphatic carboxylic acids is 1. The van der Waals surface area contributed by atoms with Crippen LogP contribution in [0.3, 0.4) is 0 Å². The average Bonchev–Trinajstić information content (AvgIpc) is 2.40. The van der Waals surface area contributed by atoms with Gasteiger partial charge < -0.3 is 10.0 Å². The lowest BCUT2D eigenvalue weighted by atomic mass is 10.2. The minimum absolute atomic E-state index is 0.00311. The fourth-order valence-corrected chi connectivity index (χ4v) is 2.78. The molecule has 0 radical (unpaired) electrons. The van der Waals surface area contributed by atoms with Crippen molar-refractivity contribution in [2.45, 2.75) is 39.0 Å². The molecule has 0 fully saturated rings. The summed E-state index contributed by atoms with van der Waals surface area (Å²) in [6, 6.07) is 8.28. The van der Waals surface area contributed by atoms with Gasteiger partial charge in [0, 0.05) is 18.3 Å². The van der Waals surface area contributed by atoms with Gasteiger partial charge in [0.25, 0.3) is 0 Å². The molecule has 5 heteroatoms. The van der Waals surface area contributed by atoms with Crippen molar-refractivity contribution >= 4 is 23.6 Å². The number of carboxylic acids is 1. The first-order valence-electron chi connectivity index (χ1n) is 7.04. The third-order valence-electron chi connectivity index (χ3n) is 3.13.